The van der Waals surface area contributed by atoms with E-state index in [1.165, 1.54) is 29.1 Å². The van der Waals surface area contributed by atoms with Gasteiger partial charge < -0.3 is 9.84 Å². The van der Waals surface area contributed by atoms with E-state index in [9.17, 15) is 27.5 Å². The molecule has 1 aliphatic rings. The molecule has 0 radical (unpaired) electrons. The third kappa shape index (κ3) is 5.23. The van der Waals surface area contributed by atoms with Gasteiger partial charge in [-0.3, -0.25) is 4.90 Å². The Morgan fingerprint density at radius 2 is 1.86 bits per heavy atom. The number of hydrogen-bond donors (Lipinski definition) is 1. The highest BCUT2D eigenvalue weighted by Crippen LogP contribution is 2.37. The van der Waals surface area contributed by atoms with Crippen molar-refractivity contribution in [2.24, 2.45) is 0 Å². The fraction of sp³-hybridized carbons (Fsp3) is 0.360. The first-order chi connectivity index (χ1) is 16.6. The van der Waals surface area contributed by atoms with Crippen molar-refractivity contribution < 1.29 is 32.2 Å². The molecule has 10 heteroatoms. The van der Waals surface area contributed by atoms with Gasteiger partial charge in [-0.25, -0.2) is 13.9 Å². The van der Waals surface area contributed by atoms with Crippen LogP contribution < -0.4 is 0 Å². The molecule has 1 saturated heterocycles. The highest BCUT2D eigenvalue weighted by atomic mass is 19.4. The molecule has 2 heterocycles. The lowest BCUT2D eigenvalue weighted by Crippen LogP contribution is -2.42. The van der Waals surface area contributed by atoms with Crippen LogP contribution in [0, 0.1) is 5.82 Å². The van der Waals surface area contributed by atoms with Crippen LogP contribution in [0.4, 0.5) is 17.6 Å². The first-order valence-corrected chi connectivity index (χ1v) is 11.2. The summed E-state index contributed by atoms with van der Waals surface area (Å²) in [5, 5.41) is 15.3. The zero-order chi connectivity index (χ0) is 25.2. The molecule has 1 aromatic heterocycles. The molecule has 1 aliphatic heterocycles. The minimum absolute atomic E-state index is 0.164. The number of nitrogens with zero attached hydrogens (tertiary/aromatic N) is 3. The van der Waals surface area contributed by atoms with Gasteiger partial charge in [0, 0.05) is 19.6 Å². The number of para-hydroxylation sites is 1. The van der Waals surface area contributed by atoms with Crippen LogP contribution in [0.5, 0.6) is 0 Å². The molecular weight excluding hydrogens is 466 g/mol. The summed E-state index contributed by atoms with van der Waals surface area (Å²) in [6, 6.07) is 10.8. The van der Waals surface area contributed by atoms with Crippen molar-refractivity contribution in [3.05, 3.63) is 82.9 Å². The van der Waals surface area contributed by atoms with E-state index in [1.807, 2.05) is 4.90 Å². The number of ether oxygens (including phenoxy) is 1. The number of hydrogen-bond acceptors (Lipinski definition) is 5. The molecule has 0 spiro atoms. The largest absolute Gasteiger partial charge is 0.462 e. The van der Waals surface area contributed by atoms with Gasteiger partial charge in [-0.15, -0.1) is 0 Å². The van der Waals surface area contributed by atoms with E-state index >= 15 is 0 Å². The van der Waals surface area contributed by atoms with Gasteiger partial charge in [0.05, 0.1) is 29.7 Å². The number of aromatic nitrogens is 2. The Kier molecular flexibility index (Phi) is 6.95. The van der Waals surface area contributed by atoms with Crippen LogP contribution >= 0.6 is 0 Å². The Balaban J connectivity index is 1.57. The van der Waals surface area contributed by atoms with E-state index in [1.54, 1.807) is 25.1 Å². The smallest absolute Gasteiger partial charge is 0.416 e. The van der Waals surface area contributed by atoms with Gasteiger partial charge in [-0.05, 0) is 49.6 Å². The van der Waals surface area contributed by atoms with Gasteiger partial charge in [0.15, 0.2) is 0 Å². The van der Waals surface area contributed by atoms with Crippen LogP contribution in [-0.2, 0) is 23.1 Å². The third-order valence-corrected chi connectivity index (χ3v) is 6.23. The molecule has 1 fully saturated rings. The number of carbonyl (C=O) groups excluding carboxylic acids is 1. The van der Waals surface area contributed by atoms with Crippen molar-refractivity contribution in [2.45, 2.75) is 38.1 Å². The molecular formula is C25H25F4N3O3. The molecule has 186 valence electrons. The van der Waals surface area contributed by atoms with Crippen molar-refractivity contribution >= 4 is 5.97 Å². The number of halogens is 4. The third-order valence-electron chi connectivity index (χ3n) is 6.23. The van der Waals surface area contributed by atoms with Crippen molar-refractivity contribution in [3.63, 3.8) is 0 Å². The number of alkyl halides is 3. The van der Waals surface area contributed by atoms with Gasteiger partial charge in [0.1, 0.15) is 17.1 Å². The summed E-state index contributed by atoms with van der Waals surface area (Å²) in [5.41, 5.74) is -1.19. The summed E-state index contributed by atoms with van der Waals surface area (Å²) in [6.45, 7) is 2.74. The van der Waals surface area contributed by atoms with Gasteiger partial charge in [0.2, 0.25) is 0 Å². The van der Waals surface area contributed by atoms with Crippen molar-refractivity contribution in [2.75, 3.05) is 19.7 Å². The quantitative estimate of drug-likeness (QED) is 0.400. The lowest BCUT2D eigenvalue weighted by atomic mass is 9.83. The SMILES string of the molecule is CCOC(=O)c1cnn(-c2ccccc2F)c1CN1CCC(O)(c2cccc(C(F)(F)F)c2)CC1. The highest BCUT2D eigenvalue weighted by molar-refractivity contribution is 5.90. The Morgan fingerprint density at radius 1 is 1.14 bits per heavy atom. The first kappa shape index (κ1) is 24.9. The van der Waals surface area contributed by atoms with Crippen LogP contribution in [0.1, 0.15) is 46.9 Å². The molecule has 0 unspecified atom stereocenters. The Morgan fingerprint density at radius 3 is 2.51 bits per heavy atom. The van der Waals surface area contributed by atoms with Crippen LogP contribution in [0.3, 0.4) is 0 Å². The van der Waals surface area contributed by atoms with Crippen molar-refractivity contribution in [1.29, 1.82) is 0 Å². The molecule has 0 bridgehead atoms. The highest BCUT2D eigenvalue weighted by Gasteiger charge is 2.37. The standard InChI is InChI=1S/C25H25F4N3O3/c1-2-35-23(33)19-15-30-32(21-9-4-3-8-20(21)26)22(19)16-31-12-10-24(34,11-13-31)17-6-5-7-18(14-17)25(27,28)29/h3-9,14-15,34H,2,10-13,16H2,1H3. The predicted molar refractivity (Wildman–Crippen MR) is 119 cm³/mol. The average molecular weight is 491 g/mol. The van der Waals surface area contributed by atoms with Gasteiger partial charge >= 0.3 is 12.1 Å². The average Bonchev–Trinajstić information content (AvgIpc) is 3.24. The molecule has 6 nitrogen and oxygen atoms in total. The van der Waals surface area contributed by atoms with E-state index in [0.717, 1.165) is 12.1 Å². The van der Waals surface area contributed by atoms with E-state index in [-0.39, 0.29) is 42.8 Å². The van der Waals surface area contributed by atoms with Gasteiger partial charge in [-0.1, -0.05) is 24.3 Å². The zero-order valence-corrected chi connectivity index (χ0v) is 19.1. The van der Waals surface area contributed by atoms with E-state index in [4.69, 9.17) is 4.74 Å². The van der Waals surface area contributed by atoms with E-state index < -0.39 is 29.1 Å². The topological polar surface area (TPSA) is 67.6 Å². The molecule has 0 saturated carbocycles. The molecule has 2 aromatic carbocycles. The molecule has 0 amide bonds. The maximum atomic E-state index is 14.5. The number of aliphatic hydroxyl groups is 1. The molecule has 0 aliphatic carbocycles. The predicted octanol–water partition coefficient (Wildman–Crippen LogP) is 4.69. The summed E-state index contributed by atoms with van der Waals surface area (Å²) < 4.78 is 60.4. The van der Waals surface area contributed by atoms with Crippen LogP contribution in [0.15, 0.2) is 54.7 Å². The Bertz CT molecular complexity index is 1200. The minimum atomic E-state index is -4.50. The first-order valence-electron chi connectivity index (χ1n) is 11.2. The second kappa shape index (κ2) is 9.79. The molecule has 35 heavy (non-hydrogen) atoms. The molecule has 4 rings (SSSR count). The fourth-order valence-electron chi connectivity index (χ4n) is 4.30. The van der Waals surface area contributed by atoms with E-state index in [0.29, 0.717) is 18.8 Å². The summed E-state index contributed by atoms with van der Waals surface area (Å²) in [6.07, 6.45) is -2.78. The van der Waals surface area contributed by atoms with Crippen molar-refractivity contribution in [3.8, 4) is 5.69 Å². The summed E-state index contributed by atoms with van der Waals surface area (Å²) in [4.78, 5) is 14.5. The Labute approximate surface area is 199 Å². The summed E-state index contributed by atoms with van der Waals surface area (Å²) in [5.74, 6) is -1.09. The lowest BCUT2D eigenvalue weighted by molar-refractivity contribution is -0.137. The minimum Gasteiger partial charge on any atom is -0.462 e. The Hall–Kier alpha value is -3.24. The van der Waals surface area contributed by atoms with Crippen LogP contribution in [-0.4, -0.2) is 45.5 Å². The van der Waals surface area contributed by atoms with Crippen molar-refractivity contribution in [1.82, 2.24) is 14.7 Å². The monoisotopic (exact) mass is 491 g/mol. The fourth-order valence-corrected chi connectivity index (χ4v) is 4.30. The molecule has 3 aromatic rings. The van der Waals surface area contributed by atoms with E-state index in [2.05, 4.69) is 5.10 Å². The van der Waals surface area contributed by atoms with Crippen LogP contribution in [0.25, 0.3) is 5.69 Å². The normalized spacial score (nSPS) is 16.3. The lowest BCUT2D eigenvalue weighted by Gasteiger charge is -2.38. The zero-order valence-electron chi connectivity index (χ0n) is 19.1. The van der Waals surface area contributed by atoms with Crippen LogP contribution in [0.2, 0.25) is 0 Å². The van der Waals surface area contributed by atoms with Gasteiger partial charge in [-0.2, -0.15) is 18.3 Å². The summed E-state index contributed by atoms with van der Waals surface area (Å²) in [7, 11) is 0. The number of esters is 1. The number of benzene rings is 2. The maximum Gasteiger partial charge on any atom is 0.416 e. The number of likely N-dealkylation sites (tertiary alicyclic amines) is 1. The number of carbonyl (C=O) groups is 1. The summed E-state index contributed by atoms with van der Waals surface area (Å²) >= 11 is 0. The number of rotatable bonds is 6. The number of piperidine rings is 1. The van der Waals surface area contributed by atoms with Gasteiger partial charge in [0.25, 0.3) is 0 Å². The second-order valence-electron chi connectivity index (χ2n) is 8.47. The molecule has 1 N–H and O–H groups in total. The maximum absolute atomic E-state index is 14.5. The molecule has 0 atom stereocenters. The second-order valence-corrected chi connectivity index (χ2v) is 8.47.